The average molecular weight is 405 g/mol. The number of halogens is 2. The van der Waals surface area contributed by atoms with E-state index in [1.165, 1.54) is 5.56 Å². The van der Waals surface area contributed by atoms with Crippen LogP contribution in [-0.4, -0.2) is 14.9 Å². The highest BCUT2D eigenvalue weighted by Gasteiger charge is 2.08. The van der Waals surface area contributed by atoms with Crippen molar-refractivity contribution in [3.05, 3.63) is 75.9 Å². The highest BCUT2D eigenvalue weighted by Crippen LogP contribution is 2.25. The lowest BCUT2D eigenvalue weighted by Crippen LogP contribution is -2.19. The second-order valence-electron chi connectivity index (χ2n) is 5.73. The van der Waals surface area contributed by atoms with Gasteiger partial charge in [-0.15, -0.1) is 0 Å². The Hall–Kier alpha value is -2.08. The molecule has 1 aromatic heterocycles. The Balaban J connectivity index is 1.61. The van der Waals surface area contributed by atoms with E-state index < -0.39 is 0 Å². The van der Waals surface area contributed by atoms with Gasteiger partial charge in [0, 0.05) is 33.6 Å². The molecule has 0 fully saturated rings. The van der Waals surface area contributed by atoms with Crippen LogP contribution in [0.5, 0.6) is 0 Å². The van der Waals surface area contributed by atoms with Crippen molar-refractivity contribution in [1.82, 2.24) is 9.78 Å². The number of aromatic nitrogens is 2. The van der Waals surface area contributed by atoms with Gasteiger partial charge in [-0.1, -0.05) is 48.3 Å². The van der Waals surface area contributed by atoms with Crippen LogP contribution in [0.25, 0.3) is 0 Å². The minimum atomic E-state index is 0.482. The van der Waals surface area contributed by atoms with E-state index in [1.807, 2.05) is 42.6 Å². The van der Waals surface area contributed by atoms with Gasteiger partial charge in [-0.25, -0.2) is 0 Å². The van der Waals surface area contributed by atoms with Crippen molar-refractivity contribution in [3.63, 3.8) is 0 Å². The lowest BCUT2D eigenvalue weighted by Gasteiger charge is -2.09. The van der Waals surface area contributed by atoms with Crippen LogP contribution in [0.3, 0.4) is 0 Å². The number of hydrogen-bond acceptors (Lipinski definition) is 2. The van der Waals surface area contributed by atoms with Gasteiger partial charge in [-0.2, -0.15) is 5.10 Å². The van der Waals surface area contributed by atoms with Crippen molar-refractivity contribution in [2.75, 3.05) is 10.6 Å². The first kappa shape index (κ1) is 18.7. The summed E-state index contributed by atoms with van der Waals surface area (Å²) in [4.78, 5) is 0. The van der Waals surface area contributed by atoms with Crippen LogP contribution in [-0.2, 0) is 13.0 Å². The van der Waals surface area contributed by atoms with Crippen LogP contribution < -0.4 is 10.6 Å². The second kappa shape index (κ2) is 8.54. The van der Waals surface area contributed by atoms with Gasteiger partial charge >= 0.3 is 0 Å². The number of aryl methyl sites for hydroxylation is 1. The Morgan fingerprint density at radius 3 is 2.38 bits per heavy atom. The summed E-state index contributed by atoms with van der Waals surface area (Å²) in [5, 5.41) is 12.4. The fourth-order valence-electron chi connectivity index (χ4n) is 2.46. The summed E-state index contributed by atoms with van der Waals surface area (Å²) < 4.78 is 1.76. The number of thiocarbonyl (C=S) groups is 1. The number of nitrogens with zero attached hydrogens (tertiary/aromatic N) is 2. The van der Waals surface area contributed by atoms with Gasteiger partial charge in [0.25, 0.3) is 0 Å². The molecule has 0 spiro atoms. The van der Waals surface area contributed by atoms with E-state index in [0.717, 1.165) is 17.7 Å². The molecule has 2 N–H and O–H groups in total. The SMILES string of the molecule is CCc1ccc(NC(=S)Nc2ccn(Cc3c(Cl)cccc3Cl)n2)cc1. The summed E-state index contributed by atoms with van der Waals surface area (Å²) in [6.07, 6.45) is 2.86. The third-order valence-electron chi connectivity index (χ3n) is 3.88. The van der Waals surface area contributed by atoms with Crippen molar-refractivity contribution >= 4 is 52.0 Å². The van der Waals surface area contributed by atoms with Crippen LogP contribution in [0.4, 0.5) is 11.5 Å². The van der Waals surface area contributed by atoms with Gasteiger partial charge in [0.15, 0.2) is 10.9 Å². The molecule has 0 amide bonds. The van der Waals surface area contributed by atoms with Gasteiger partial charge in [-0.05, 0) is 48.5 Å². The van der Waals surface area contributed by atoms with Crippen molar-refractivity contribution in [2.45, 2.75) is 19.9 Å². The summed E-state index contributed by atoms with van der Waals surface area (Å²) in [5.74, 6) is 0.649. The first-order chi connectivity index (χ1) is 12.5. The molecule has 0 aliphatic carbocycles. The third kappa shape index (κ3) is 4.75. The summed E-state index contributed by atoms with van der Waals surface area (Å²) in [6, 6.07) is 15.5. The van der Waals surface area contributed by atoms with Gasteiger partial charge in [0.05, 0.1) is 6.54 Å². The molecular weight excluding hydrogens is 387 g/mol. The van der Waals surface area contributed by atoms with Crippen LogP contribution >= 0.6 is 35.4 Å². The van der Waals surface area contributed by atoms with E-state index in [4.69, 9.17) is 35.4 Å². The first-order valence-electron chi connectivity index (χ1n) is 8.18. The fourth-order valence-corrected chi connectivity index (χ4v) is 3.20. The molecule has 2 aromatic carbocycles. The van der Waals surface area contributed by atoms with Crippen LogP contribution in [0.2, 0.25) is 10.0 Å². The largest absolute Gasteiger partial charge is 0.332 e. The number of anilines is 2. The van der Waals surface area contributed by atoms with Gasteiger partial charge in [0.2, 0.25) is 0 Å². The zero-order valence-electron chi connectivity index (χ0n) is 14.2. The summed E-state index contributed by atoms with van der Waals surface area (Å²) >= 11 is 17.8. The number of rotatable bonds is 5. The van der Waals surface area contributed by atoms with Crippen molar-refractivity contribution < 1.29 is 0 Å². The lowest BCUT2D eigenvalue weighted by molar-refractivity contribution is 0.690. The van der Waals surface area contributed by atoms with E-state index >= 15 is 0 Å². The maximum Gasteiger partial charge on any atom is 0.176 e. The fraction of sp³-hybridized carbons (Fsp3) is 0.158. The Kier molecular flexibility index (Phi) is 6.14. The number of nitrogens with one attached hydrogen (secondary N) is 2. The summed E-state index contributed by atoms with van der Waals surface area (Å²) in [5.41, 5.74) is 3.05. The zero-order valence-corrected chi connectivity index (χ0v) is 16.5. The van der Waals surface area contributed by atoms with Crippen molar-refractivity contribution in [1.29, 1.82) is 0 Å². The minimum absolute atomic E-state index is 0.482. The normalized spacial score (nSPS) is 10.6. The van der Waals surface area contributed by atoms with E-state index in [0.29, 0.717) is 27.5 Å². The molecule has 3 rings (SSSR count). The lowest BCUT2D eigenvalue weighted by atomic mass is 10.1. The molecule has 4 nitrogen and oxygen atoms in total. The highest BCUT2D eigenvalue weighted by molar-refractivity contribution is 7.80. The van der Waals surface area contributed by atoms with Gasteiger partial charge < -0.3 is 10.6 Å². The molecular formula is C19H18Cl2N4S. The van der Waals surface area contributed by atoms with E-state index in [9.17, 15) is 0 Å². The Labute approximate surface area is 168 Å². The Bertz CT molecular complexity index is 886. The molecule has 0 saturated heterocycles. The predicted molar refractivity (Wildman–Crippen MR) is 113 cm³/mol. The maximum atomic E-state index is 6.21. The third-order valence-corrected chi connectivity index (χ3v) is 4.80. The van der Waals surface area contributed by atoms with E-state index in [1.54, 1.807) is 4.68 Å². The van der Waals surface area contributed by atoms with E-state index in [-0.39, 0.29) is 0 Å². The quantitative estimate of drug-likeness (QED) is 0.542. The van der Waals surface area contributed by atoms with Gasteiger partial charge in [-0.3, -0.25) is 4.68 Å². The molecule has 26 heavy (non-hydrogen) atoms. The monoisotopic (exact) mass is 404 g/mol. The van der Waals surface area contributed by atoms with Crippen molar-refractivity contribution in [3.8, 4) is 0 Å². The van der Waals surface area contributed by atoms with Gasteiger partial charge in [0.1, 0.15) is 0 Å². The predicted octanol–water partition coefficient (Wildman–Crippen LogP) is 5.61. The molecule has 0 saturated carbocycles. The van der Waals surface area contributed by atoms with Crippen LogP contribution in [0.1, 0.15) is 18.1 Å². The molecule has 0 radical (unpaired) electrons. The zero-order chi connectivity index (χ0) is 18.5. The summed E-state index contributed by atoms with van der Waals surface area (Å²) in [7, 11) is 0. The molecule has 0 aliphatic heterocycles. The minimum Gasteiger partial charge on any atom is -0.332 e. The Morgan fingerprint density at radius 2 is 1.73 bits per heavy atom. The highest BCUT2D eigenvalue weighted by atomic mass is 35.5. The maximum absolute atomic E-state index is 6.21. The average Bonchev–Trinajstić information content (AvgIpc) is 3.06. The Morgan fingerprint density at radius 1 is 1.04 bits per heavy atom. The molecule has 3 aromatic rings. The molecule has 0 bridgehead atoms. The smallest absolute Gasteiger partial charge is 0.176 e. The molecule has 134 valence electrons. The molecule has 1 heterocycles. The molecule has 0 unspecified atom stereocenters. The standard InChI is InChI=1S/C19H18Cl2N4S/c1-2-13-6-8-14(9-7-13)22-19(26)23-18-10-11-25(24-18)12-15-16(20)4-3-5-17(15)21/h3-11H,2,12H2,1H3,(H2,22,23,24,26). The molecule has 7 heteroatoms. The van der Waals surface area contributed by atoms with Crippen LogP contribution in [0, 0.1) is 0 Å². The van der Waals surface area contributed by atoms with E-state index in [2.05, 4.69) is 34.8 Å². The molecule has 0 atom stereocenters. The summed E-state index contributed by atoms with van der Waals surface area (Å²) in [6.45, 7) is 2.61. The van der Waals surface area contributed by atoms with Crippen molar-refractivity contribution in [2.24, 2.45) is 0 Å². The van der Waals surface area contributed by atoms with Crippen LogP contribution in [0.15, 0.2) is 54.7 Å². The topological polar surface area (TPSA) is 41.9 Å². The number of hydrogen-bond donors (Lipinski definition) is 2. The molecule has 0 aliphatic rings. The first-order valence-corrected chi connectivity index (χ1v) is 9.35. The second-order valence-corrected chi connectivity index (χ2v) is 6.95. The number of benzene rings is 2.